The fraction of sp³-hybridized carbons (Fsp3) is 0.0769. The van der Waals surface area contributed by atoms with Crippen molar-refractivity contribution in [2.24, 2.45) is 0 Å². The maximum Gasteiger partial charge on any atom is 0.336 e. The Morgan fingerprint density at radius 2 is 2.00 bits per heavy atom. The largest absolute Gasteiger partial charge is 0.478 e. The van der Waals surface area contributed by atoms with Crippen LogP contribution in [0.3, 0.4) is 0 Å². The van der Waals surface area contributed by atoms with Crippen molar-refractivity contribution in [1.29, 1.82) is 0 Å². The Kier molecular flexibility index (Phi) is 3.51. The van der Waals surface area contributed by atoms with Gasteiger partial charge in [0.05, 0.1) is 23.5 Å². The lowest BCUT2D eigenvalue weighted by molar-refractivity contribution is 0.0695. The van der Waals surface area contributed by atoms with Gasteiger partial charge in [-0.2, -0.15) is 10.2 Å². The van der Waals surface area contributed by atoms with Crippen LogP contribution in [0.4, 0.5) is 5.69 Å². The second-order valence-corrected chi connectivity index (χ2v) is 3.87. The second kappa shape index (κ2) is 5.26. The van der Waals surface area contributed by atoms with Crippen molar-refractivity contribution in [3.63, 3.8) is 0 Å². The van der Waals surface area contributed by atoms with E-state index >= 15 is 0 Å². The summed E-state index contributed by atoms with van der Waals surface area (Å²) in [5, 5.41) is 18.9. The minimum atomic E-state index is -1.03. The molecule has 0 bridgehead atoms. The molecule has 0 aliphatic heterocycles. The standard InChI is InChI=1S/C13H11N3O3/c1-8-10(13(18)19)3-2-4-11(8)16-12(17)9-5-6-14-15-7-9/h2-7H,1H3,(H,16,17)(H,18,19). The Morgan fingerprint density at radius 3 is 2.63 bits per heavy atom. The minimum Gasteiger partial charge on any atom is -0.478 e. The Balaban J connectivity index is 2.27. The Morgan fingerprint density at radius 1 is 1.21 bits per heavy atom. The maximum atomic E-state index is 11.9. The van der Waals surface area contributed by atoms with E-state index < -0.39 is 5.97 Å². The van der Waals surface area contributed by atoms with Crippen LogP contribution in [0.1, 0.15) is 26.3 Å². The summed E-state index contributed by atoms with van der Waals surface area (Å²) in [5.74, 6) is -1.39. The number of benzene rings is 1. The van der Waals surface area contributed by atoms with E-state index in [0.29, 0.717) is 16.8 Å². The molecule has 96 valence electrons. The van der Waals surface area contributed by atoms with Crippen molar-refractivity contribution in [2.75, 3.05) is 5.32 Å². The van der Waals surface area contributed by atoms with Gasteiger partial charge in [-0.25, -0.2) is 4.79 Å². The summed E-state index contributed by atoms with van der Waals surface area (Å²) in [7, 11) is 0. The van der Waals surface area contributed by atoms with Crippen molar-refractivity contribution < 1.29 is 14.7 Å². The highest BCUT2D eigenvalue weighted by molar-refractivity contribution is 6.05. The molecule has 1 amide bonds. The number of amides is 1. The van der Waals surface area contributed by atoms with Gasteiger partial charge >= 0.3 is 5.97 Å². The fourth-order valence-corrected chi connectivity index (χ4v) is 1.62. The Hall–Kier alpha value is -2.76. The van der Waals surface area contributed by atoms with Gasteiger partial charge in [0.2, 0.25) is 0 Å². The quantitative estimate of drug-likeness (QED) is 0.873. The van der Waals surface area contributed by atoms with Crippen LogP contribution in [0.2, 0.25) is 0 Å². The molecule has 2 N–H and O–H groups in total. The minimum absolute atomic E-state index is 0.158. The molecule has 6 heteroatoms. The summed E-state index contributed by atoms with van der Waals surface area (Å²) in [6.07, 6.45) is 2.75. The topological polar surface area (TPSA) is 92.2 Å². The second-order valence-electron chi connectivity index (χ2n) is 3.87. The number of aromatic nitrogens is 2. The Bertz CT molecular complexity index is 626. The van der Waals surface area contributed by atoms with Gasteiger partial charge in [0, 0.05) is 5.69 Å². The van der Waals surface area contributed by atoms with Crippen molar-refractivity contribution >= 4 is 17.6 Å². The van der Waals surface area contributed by atoms with Crippen molar-refractivity contribution in [2.45, 2.75) is 6.92 Å². The molecule has 0 atom stereocenters. The van der Waals surface area contributed by atoms with Gasteiger partial charge in [-0.15, -0.1) is 0 Å². The smallest absolute Gasteiger partial charge is 0.336 e. The fourth-order valence-electron chi connectivity index (χ4n) is 1.62. The third-order valence-corrected chi connectivity index (χ3v) is 2.66. The van der Waals surface area contributed by atoms with Crippen LogP contribution in [0.15, 0.2) is 36.7 Å². The number of carbonyl (C=O) groups excluding carboxylic acids is 1. The number of rotatable bonds is 3. The van der Waals surface area contributed by atoms with E-state index in [2.05, 4.69) is 15.5 Å². The highest BCUT2D eigenvalue weighted by atomic mass is 16.4. The number of nitrogens with one attached hydrogen (secondary N) is 1. The van der Waals surface area contributed by atoms with Gasteiger partial charge in [0.25, 0.3) is 5.91 Å². The number of carbonyl (C=O) groups is 2. The van der Waals surface area contributed by atoms with Gasteiger partial charge in [-0.1, -0.05) is 6.07 Å². The lowest BCUT2D eigenvalue weighted by Gasteiger charge is -2.10. The predicted octanol–water partition coefficient (Wildman–Crippen LogP) is 1.74. The number of carboxylic acid groups (broad SMARTS) is 1. The molecular weight excluding hydrogens is 246 g/mol. The van der Waals surface area contributed by atoms with Crippen LogP contribution >= 0.6 is 0 Å². The molecule has 2 rings (SSSR count). The van der Waals surface area contributed by atoms with E-state index in [1.54, 1.807) is 19.1 Å². The molecule has 1 heterocycles. The zero-order chi connectivity index (χ0) is 13.8. The molecule has 1 aromatic heterocycles. The van der Waals surface area contributed by atoms with E-state index in [0.717, 1.165) is 0 Å². The molecule has 6 nitrogen and oxygen atoms in total. The van der Waals surface area contributed by atoms with E-state index in [-0.39, 0.29) is 11.5 Å². The first-order valence-corrected chi connectivity index (χ1v) is 5.50. The highest BCUT2D eigenvalue weighted by Gasteiger charge is 2.12. The van der Waals surface area contributed by atoms with Crippen LogP contribution in [0.25, 0.3) is 0 Å². The van der Waals surface area contributed by atoms with E-state index in [1.165, 1.54) is 24.5 Å². The van der Waals surface area contributed by atoms with Crippen LogP contribution in [0, 0.1) is 6.92 Å². The van der Waals surface area contributed by atoms with Gasteiger partial charge in [-0.05, 0) is 30.7 Å². The highest BCUT2D eigenvalue weighted by Crippen LogP contribution is 2.19. The van der Waals surface area contributed by atoms with Gasteiger partial charge < -0.3 is 10.4 Å². The zero-order valence-corrected chi connectivity index (χ0v) is 10.1. The summed E-state index contributed by atoms with van der Waals surface area (Å²) in [6, 6.07) is 6.24. The molecular formula is C13H11N3O3. The number of anilines is 1. The predicted molar refractivity (Wildman–Crippen MR) is 68.1 cm³/mol. The molecule has 19 heavy (non-hydrogen) atoms. The van der Waals surface area contributed by atoms with Crippen molar-refractivity contribution in [3.8, 4) is 0 Å². The molecule has 0 saturated carbocycles. The first-order chi connectivity index (χ1) is 9.09. The number of aromatic carboxylic acids is 1. The molecule has 1 aromatic carbocycles. The first kappa shape index (κ1) is 12.7. The van der Waals surface area contributed by atoms with Crippen LogP contribution in [-0.4, -0.2) is 27.2 Å². The summed E-state index contributed by atoms with van der Waals surface area (Å²) < 4.78 is 0. The molecule has 0 aliphatic rings. The van der Waals surface area contributed by atoms with Crippen molar-refractivity contribution in [3.05, 3.63) is 53.3 Å². The summed E-state index contributed by atoms with van der Waals surface area (Å²) in [4.78, 5) is 22.9. The number of nitrogens with zero attached hydrogens (tertiary/aromatic N) is 2. The normalized spacial score (nSPS) is 9.95. The first-order valence-electron chi connectivity index (χ1n) is 5.50. The molecule has 0 aliphatic carbocycles. The van der Waals surface area contributed by atoms with Crippen LogP contribution in [0.5, 0.6) is 0 Å². The summed E-state index contributed by atoms with van der Waals surface area (Å²) >= 11 is 0. The molecule has 0 radical (unpaired) electrons. The molecule has 0 saturated heterocycles. The monoisotopic (exact) mass is 257 g/mol. The maximum absolute atomic E-state index is 11.9. The average Bonchev–Trinajstić information content (AvgIpc) is 2.41. The average molecular weight is 257 g/mol. The number of hydrogen-bond donors (Lipinski definition) is 2. The lowest BCUT2D eigenvalue weighted by atomic mass is 10.1. The summed E-state index contributed by atoms with van der Waals surface area (Å²) in [5.41, 5.74) is 1.48. The molecule has 0 unspecified atom stereocenters. The Labute approximate surface area is 109 Å². The third-order valence-electron chi connectivity index (χ3n) is 2.66. The molecule has 0 spiro atoms. The zero-order valence-electron chi connectivity index (χ0n) is 10.1. The molecule has 0 fully saturated rings. The van der Waals surface area contributed by atoms with Gasteiger partial charge in [0.15, 0.2) is 0 Å². The lowest BCUT2D eigenvalue weighted by Crippen LogP contribution is -2.14. The number of hydrogen-bond acceptors (Lipinski definition) is 4. The summed E-state index contributed by atoms with van der Waals surface area (Å²) in [6.45, 7) is 1.64. The van der Waals surface area contributed by atoms with E-state index in [9.17, 15) is 9.59 Å². The van der Waals surface area contributed by atoms with Gasteiger partial charge in [0.1, 0.15) is 0 Å². The van der Waals surface area contributed by atoms with Gasteiger partial charge in [-0.3, -0.25) is 4.79 Å². The SMILES string of the molecule is Cc1c(NC(=O)c2ccnnc2)cccc1C(=O)O. The van der Waals surface area contributed by atoms with E-state index in [1.807, 2.05) is 0 Å². The van der Waals surface area contributed by atoms with Crippen LogP contribution in [-0.2, 0) is 0 Å². The van der Waals surface area contributed by atoms with Crippen molar-refractivity contribution in [1.82, 2.24) is 10.2 Å². The molecule has 2 aromatic rings. The number of carboxylic acids is 1. The third kappa shape index (κ3) is 2.74. The van der Waals surface area contributed by atoms with E-state index in [4.69, 9.17) is 5.11 Å². The van der Waals surface area contributed by atoms with Crippen LogP contribution < -0.4 is 5.32 Å².